The molecule has 0 saturated heterocycles. The van der Waals surface area contributed by atoms with Gasteiger partial charge in [0.05, 0.1) is 12.2 Å². The van der Waals surface area contributed by atoms with E-state index in [-0.39, 0.29) is 12.5 Å². The van der Waals surface area contributed by atoms with Gasteiger partial charge in [0.1, 0.15) is 24.7 Å². The highest BCUT2D eigenvalue weighted by molar-refractivity contribution is 9.10. The Balaban J connectivity index is 1.47. The molecule has 3 rings (SSSR count). The largest absolute Gasteiger partial charge is 0.490 e. The van der Waals surface area contributed by atoms with Crippen LogP contribution in [0.15, 0.2) is 83.3 Å². The van der Waals surface area contributed by atoms with Crippen LogP contribution in [0, 0.1) is 0 Å². The van der Waals surface area contributed by atoms with Gasteiger partial charge in [-0.25, -0.2) is 0 Å². The van der Waals surface area contributed by atoms with Gasteiger partial charge in [-0.05, 0) is 42.5 Å². The minimum atomic E-state index is -0.139. The van der Waals surface area contributed by atoms with Crippen molar-refractivity contribution in [2.75, 3.05) is 30.4 Å². The fraction of sp³-hybridized carbons (Fsp3) is 0.136. The van der Waals surface area contributed by atoms with E-state index in [1.807, 2.05) is 78.9 Å². The summed E-state index contributed by atoms with van der Waals surface area (Å²) in [6.07, 6.45) is 0. The molecule has 1 amide bonds. The molecule has 0 radical (unpaired) electrons. The molecule has 3 aromatic carbocycles. The van der Waals surface area contributed by atoms with E-state index in [0.29, 0.717) is 19.0 Å². The number of rotatable bonds is 9. The van der Waals surface area contributed by atoms with Crippen LogP contribution in [0.4, 0.5) is 11.4 Å². The monoisotopic (exact) mass is 440 g/mol. The number of halogens is 1. The number of carbonyl (C=O) groups is 1. The van der Waals surface area contributed by atoms with E-state index in [1.54, 1.807) is 0 Å². The first-order chi connectivity index (χ1) is 13.7. The first-order valence-electron chi connectivity index (χ1n) is 8.90. The molecule has 0 saturated carbocycles. The molecular formula is C22H21BrN2O3. The van der Waals surface area contributed by atoms with E-state index in [2.05, 4.69) is 26.6 Å². The van der Waals surface area contributed by atoms with Crippen molar-refractivity contribution in [1.29, 1.82) is 0 Å². The third kappa shape index (κ3) is 6.32. The van der Waals surface area contributed by atoms with Crippen molar-refractivity contribution >= 4 is 33.2 Å². The van der Waals surface area contributed by atoms with Gasteiger partial charge in [0.2, 0.25) is 5.91 Å². The molecule has 0 aliphatic heterocycles. The van der Waals surface area contributed by atoms with Crippen LogP contribution < -0.4 is 20.1 Å². The number of ether oxygens (including phenoxy) is 2. The molecule has 0 aromatic heterocycles. The van der Waals surface area contributed by atoms with Gasteiger partial charge < -0.3 is 20.1 Å². The minimum absolute atomic E-state index is 0.132. The Bertz CT molecular complexity index is 903. The standard InChI is InChI=1S/C22H21BrN2O3/c23-17-7-6-8-18(15-17)25-22(26)16-24-20-11-4-5-12-21(20)28-14-13-27-19-9-2-1-3-10-19/h1-12,15,24H,13-14,16H2,(H,25,26). The van der Waals surface area contributed by atoms with Crippen molar-refractivity contribution in [1.82, 2.24) is 0 Å². The van der Waals surface area contributed by atoms with E-state index in [0.717, 1.165) is 21.6 Å². The molecule has 0 heterocycles. The number of hydrogen-bond donors (Lipinski definition) is 2. The Labute approximate surface area is 172 Å². The third-order valence-electron chi connectivity index (χ3n) is 3.79. The van der Waals surface area contributed by atoms with Crippen molar-refractivity contribution < 1.29 is 14.3 Å². The molecule has 28 heavy (non-hydrogen) atoms. The van der Waals surface area contributed by atoms with E-state index < -0.39 is 0 Å². The molecule has 0 atom stereocenters. The summed E-state index contributed by atoms with van der Waals surface area (Å²) in [4.78, 5) is 12.2. The van der Waals surface area contributed by atoms with Crippen LogP contribution in [0.2, 0.25) is 0 Å². The lowest BCUT2D eigenvalue weighted by molar-refractivity contribution is -0.114. The van der Waals surface area contributed by atoms with Crippen molar-refractivity contribution in [2.45, 2.75) is 0 Å². The lowest BCUT2D eigenvalue weighted by atomic mass is 10.3. The molecule has 0 unspecified atom stereocenters. The van der Waals surface area contributed by atoms with E-state index in [4.69, 9.17) is 9.47 Å². The SMILES string of the molecule is O=C(CNc1ccccc1OCCOc1ccccc1)Nc1cccc(Br)c1. The van der Waals surface area contributed by atoms with E-state index >= 15 is 0 Å². The normalized spacial score (nSPS) is 10.2. The first kappa shape index (κ1) is 19.8. The maximum Gasteiger partial charge on any atom is 0.243 e. The average Bonchev–Trinajstić information content (AvgIpc) is 2.71. The van der Waals surface area contributed by atoms with Gasteiger partial charge in [0, 0.05) is 10.2 Å². The molecule has 5 nitrogen and oxygen atoms in total. The summed E-state index contributed by atoms with van der Waals surface area (Å²) in [5, 5.41) is 5.97. The van der Waals surface area contributed by atoms with Gasteiger partial charge in [0.25, 0.3) is 0 Å². The summed E-state index contributed by atoms with van der Waals surface area (Å²) in [5.74, 6) is 1.34. The van der Waals surface area contributed by atoms with Gasteiger partial charge in [-0.15, -0.1) is 0 Å². The number of anilines is 2. The molecular weight excluding hydrogens is 420 g/mol. The highest BCUT2D eigenvalue weighted by Crippen LogP contribution is 2.23. The second kappa shape index (κ2) is 10.4. The summed E-state index contributed by atoms with van der Waals surface area (Å²) in [6.45, 7) is 0.965. The molecule has 0 aliphatic carbocycles. The van der Waals surface area contributed by atoms with E-state index in [1.165, 1.54) is 0 Å². The predicted octanol–water partition coefficient (Wildman–Crippen LogP) is 4.96. The number of benzene rings is 3. The average molecular weight is 441 g/mol. The molecule has 0 aliphatic rings. The van der Waals surface area contributed by atoms with Crippen LogP contribution in [-0.4, -0.2) is 25.7 Å². The van der Waals surface area contributed by atoms with Crippen LogP contribution in [0.5, 0.6) is 11.5 Å². The number of para-hydroxylation sites is 3. The zero-order valence-electron chi connectivity index (χ0n) is 15.2. The van der Waals surface area contributed by atoms with Crippen molar-refractivity contribution in [2.24, 2.45) is 0 Å². The van der Waals surface area contributed by atoms with Crippen molar-refractivity contribution in [3.63, 3.8) is 0 Å². The van der Waals surface area contributed by atoms with Gasteiger partial charge in [-0.2, -0.15) is 0 Å². The van der Waals surface area contributed by atoms with Gasteiger partial charge in [0.15, 0.2) is 0 Å². The quantitative estimate of drug-likeness (QED) is 0.461. The highest BCUT2D eigenvalue weighted by atomic mass is 79.9. The Morgan fingerprint density at radius 1 is 0.857 bits per heavy atom. The maximum absolute atomic E-state index is 12.2. The number of hydrogen-bond acceptors (Lipinski definition) is 4. The first-order valence-corrected chi connectivity index (χ1v) is 9.69. The molecule has 0 bridgehead atoms. The lowest BCUT2D eigenvalue weighted by Gasteiger charge is -2.14. The van der Waals surface area contributed by atoms with Crippen LogP contribution in [0.1, 0.15) is 0 Å². The third-order valence-corrected chi connectivity index (χ3v) is 4.28. The summed E-state index contributed by atoms with van der Waals surface area (Å²) in [5.41, 5.74) is 1.50. The Hall–Kier alpha value is -2.99. The fourth-order valence-electron chi connectivity index (χ4n) is 2.51. The highest BCUT2D eigenvalue weighted by Gasteiger charge is 2.07. The summed E-state index contributed by atoms with van der Waals surface area (Å²) in [6, 6.07) is 24.6. The summed E-state index contributed by atoms with van der Waals surface area (Å²) >= 11 is 3.39. The lowest BCUT2D eigenvalue weighted by Crippen LogP contribution is -2.22. The minimum Gasteiger partial charge on any atom is -0.490 e. The number of nitrogens with one attached hydrogen (secondary N) is 2. The van der Waals surface area contributed by atoms with Crippen LogP contribution in [-0.2, 0) is 4.79 Å². The topological polar surface area (TPSA) is 59.6 Å². The molecule has 0 fully saturated rings. The summed E-state index contributed by atoms with van der Waals surface area (Å²) in [7, 11) is 0. The van der Waals surface area contributed by atoms with E-state index in [9.17, 15) is 4.79 Å². The Kier molecular flexibility index (Phi) is 7.32. The molecule has 0 spiro atoms. The number of amides is 1. The molecule has 144 valence electrons. The van der Waals surface area contributed by atoms with Crippen LogP contribution in [0.3, 0.4) is 0 Å². The van der Waals surface area contributed by atoms with Crippen LogP contribution >= 0.6 is 15.9 Å². The zero-order valence-corrected chi connectivity index (χ0v) is 16.8. The van der Waals surface area contributed by atoms with Crippen LogP contribution in [0.25, 0.3) is 0 Å². The Morgan fingerprint density at radius 2 is 1.61 bits per heavy atom. The second-order valence-corrected chi connectivity index (χ2v) is 6.83. The number of carbonyl (C=O) groups excluding carboxylic acids is 1. The van der Waals surface area contributed by atoms with Gasteiger partial charge >= 0.3 is 0 Å². The fourth-order valence-corrected chi connectivity index (χ4v) is 2.91. The van der Waals surface area contributed by atoms with Gasteiger partial charge in [-0.1, -0.05) is 52.3 Å². The zero-order chi connectivity index (χ0) is 19.6. The Morgan fingerprint density at radius 3 is 2.43 bits per heavy atom. The molecule has 3 aromatic rings. The molecule has 2 N–H and O–H groups in total. The van der Waals surface area contributed by atoms with Crippen molar-refractivity contribution in [3.8, 4) is 11.5 Å². The second-order valence-electron chi connectivity index (χ2n) is 5.92. The summed E-state index contributed by atoms with van der Waals surface area (Å²) < 4.78 is 12.3. The molecule has 6 heteroatoms. The smallest absolute Gasteiger partial charge is 0.243 e. The maximum atomic E-state index is 12.2. The predicted molar refractivity (Wildman–Crippen MR) is 115 cm³/mol. The van der Waals surface area contributed by atoms with Gasteiger partial charge in [-0.3, -0.25) is 4.79 Å². The van der Waals surface area contributed by atoms with Crippen molar-refractivity contribution in [3.05, 3.63) is 83.3 Å².